The second-order valence-electron chi connectivity index (χ2n) is 20.6. The van der Waals surface area contributed by atoms with E-state index in [1.54, 1.807) is 42.5 Å². The first-order valence-electron chi connectivity index (χ1n) is 23.9. The van der Waals surface area contributed by atoms with Crippen LogP contribution in [-0.2, 0) is 30.2 Å². The van der Waals surface area contributed by atoms with E-state index in [0.717, 1.165) is 31.4 Å². The number of nitriles is 1. The van der Waals surface area contributed by atoms with Crippen LogP contribution in [0.1, 0.15) is 115 Å². The van der Waals surface area contributed by atoms with E-state index in [9.17, 15) is 19.6 Å². The normalized spacial score (nSPS) is 22.7. The van der Waals surface area contributed by atoms with Crippen LogP contribution in [0.2, 0.25) is 5.02 Å². The maximum atomic E-state index is 14.0. The Balaban J connectivity index is 0.874. The molecule has 14 heteroatoms. The second kappa shape index (κ2) is 22.6. The molecule has 2 aliphatic carbocycles. The summed E-state index contributed by atoms with van der Waals surface area (Å²) in [6.45, 7) is 22.4. The molecule has 3 aliphatic rings. The molecule has 1 heterocycles. The van der Waals surface area contributed by atoms with Crippen molar-refractivity contribution in [1.29, 1.82) is 5.26 Å². The van der Waals surface area contributed by atoms with E-state index in [2.05, 4.69) is 87.5 Å². The maximum Gasteiger partial charge on any atom is 0.251 e. The van der Waals surface area contributed by atoms with Gasteiger partial charge in [0, 0.05) is 53.4 Å². The molecule has 67 heavy (non-hydrogen) atoms. The standard InChI is InChI=1S/C53H72ClN5O8/c1-10-34(2)46(60)56-44(51(3,4)5)33-59-23-13-16-42(59)48(62)57-45-40-15-12-11-14-36(40)30-43(45)66-29-27-64-25-24-63-26-28-65-38-20-17-35(18-21-38)47(61)58-49-52(6,7)50(53(49,8)9)67-39-22-19-37(32-55)41(54)31-39/h11-12,14-15,17-22,31,34,42-45,49-50H,10,13,16,23-30,33H2,1-9H3,(H,56,60)(H,57,62)(H,58,61)/t34-,42+,43-,44-,45+,49?,50?/m1/s1. The Kier molecular flexibility index (Phi) is 17.4. The number of hydrogen-bond donors (Lipinski definition) is 3. The fourth-order valence-electron chi connectivity index (χ4n) is 10.1. The van der Waals surface area contributed by atoms with Gasteiger partial charge in [-0.1, -0.05) is 98.2 Å². The van der Waals surface area contributed by atoms with Crippen LogP contribution in [0.4, 0.5) is 0 Å². The predicted octanol–water partition coefficient (Wildman–Crippen LogP) is 8.08. The van der Waals surface area contributed by atoms with Crippen LogP contribution in [0.3, 0.4) is 0 Å². The average molecular weight is 943 g/mol. The molecule has 0 radical (unpaired) electrons. The summed E-state index contributed by atoms with van der Waals surface area (Å²) in [5, 5.41) is 19.4. The third-order valence-corrected chi connectivity index (χ3v) is 14.3. The number of halogens is 1. The fourth-order valence-corrected chi connectivity index (χ4v) is 10.3. The van der Waals surface area contributed by atoms with Gasteiger partial charge in [-0.15, -0.1) is 0 Å². The monoisotopic (exact) mass is 942 g/mol. The largest absolute Gasteiger partial charge is 0.491 e. The molecular weight excluding hydrogens is 870 g/mol. The number of likely N-dealkylation sites (tertiary alicyclic amines) is 1. The zero-order chi connectivity index (χ0) is 48.5. The molecule has 0 spiro atoms. The highest BCUT2D eigenvalue weighted by atomic mass is 35.5. The van der Waals surface area contributed by atoms with Crippen LogP contribution in [0.25, 0.3) is 0 Å². The lowest BCUT2D eigenvalue weighted by Crippen LogP contribution is -2.74. The van der Waals surface area contributed by atoms with Crippen LogP contribution in [0.5, 0.6) is 11.5 Å². The summed E-state index contributed by atoms with van der Waals surface area (Å²) >= 11 is 6.24. The molecule has 6 rings (SSSR count). The Morgan fingerprint density at radius 1 is 0.896 bits per heavy atom. The Bertz CT molecular complexity index is 2190. The van der Waals surface area contributed by atoms with Crippen molar-refractivity contribution in [2.24, 2.45) is 22.2 Å². The topological polar surface area (TPSA) is 160 Å². The maximum absolute atomic E-state index is 14.0. The Labute approximate surface area is 402 Å². The van der Waals surface area contributed by atoms with E-state index >= 15 is 0 Å². The molecule has 5 atom stereocenters. The van der Waals surface area contributed by atoms with Gasteiger partial charge in [-0.05, 0) is 78.7 Å². The number of carbonyl (C=O) groups excluding carboxylic acids is 3. The highest BCUT2D eigenvalue weighted by Gasteiger charge is 2.64. The molecule has 3 N–H and O–H groups in total. The molecule has 0 bridgehead atoms. The quantitative estimate of drug-likeness (QED) is 0.0841. The second-order valence-corrected chi connectivity index (χ2v) is 21.0. The smallest absolute Gasteiger partial charge is 0.251 e. The van der Waals surface area contributed by atoms with Gasteiger partial charge in [0.05, 0.1) is 61.8 Å². The number of amides is 3. The van der Waals surface area contributed by atoms with Gasteiger partial charge in [0.15, 0.2) is 0 Å². The molecule has 2 fully saturated rings. The van der Waals surface area contributed by atoms with Crippen LogP contribution < -0.4 is 25.4 Å². The van der Waals surface area contributed by atoms with Crippen molar-refractivity contribution < 1.29 is 38.1 Å². The van der Waals surface area contributed by atoms with Gasteiger partial charge in [-0.2, -0.15) is 5.26 Å². The number of benzene rings is 3. The predicted molar refractivity (Wildman–Crippen MR) is 259 cm³/mol. The van der Waals surface area contributed by atoms with Gasteiger partial charge in [-0.25, -0.2) is 0 Å². The van der Waals surface area contributed by atoms with E-state index in [4.69, 9.17) is 35.3 Å². The van der Waals surface area contributed by atoms with Crippen molar-refractivity contribution >= 4 is 29.3 Å². The minimum absolute atomic E-state index is 0.00109. The molecule has 3 amide bonds. The highest BCUT2D eigenvalue weighted by Crippen LogP contribution is 2.55. The Hall–Kier alpha value is -4.71. The summed E-state index contributed by atoms with van der Waals surface area (Å²) in [5.74, 6) is 1.04. The number of nitrogens with one attached hydrogen (secondary N) is 3. The molecular formula is C53H72ClN5O8. The molecule has 0 unspecified atom stereocenters. The summed E-state index contributed by atoms with van der Waals surface area (Å²) in [6.07, 6.45) is 2.77. The molecule has 13 nitrogen and oxygen atoms in total. The lowest BCUT2D eigenvalue weighted by molar-refractivity contribution is -0.164. The SMILES string of the molecule is CC[C@@H](C)C(=O)N[C@H](CN1CCC[C@H]1C(=O)N[C@H]1c2ccccc2C[C@H]1OCCOCCOCCOc1ccc(C(=O)NC2C(C)(C)C(Oc3ccc(C#N)c(Cl)c3)C2(C)C)cc1)C(C)(C)C. The third kappa shape index (κ3) is 12.7. The molecule has 1 saturated heterocycles. The van der Waals surface area contributed by atoms with Gasteiger partial charge in [0.2, 0.25) is 11.8 Å². The molecule has 1 aliphatic heterocycles. The van der Waals surface area contributed by atoms with Crippen molar-refractivity contribution in [3.63, 3.8) is 0 Å². The zero-order valence-corrected chi connectivity index (χ0v) is 41.7. The molecule has 3 aromatic rings. The van der Waals surface area contributed by atoms with Crippen LogP contribution in [0, 0.1) is 33.5 Å². The number of rotatable bonds is 22. The van der Waals surface area contributed by atoms with Gasteiger partial charge >= 0.3 is 0 Å². The molecule has 364 valence electrons. The summed E-state index contributed by atoms with van der Waals surface area (Å²) in [6, 6.07) is 21.6. The van der Waals surface area contributed by atoms with Crippen LogP contribution in [0.15, 0.2) is 66.7 Å². The summed E-state index contributed by atoms with van der Waals surface area (Å²) in [4.78, 5) is 42.5. The van der Waals surface area contributed by atoms with Gasteiger partial charge in [0.1, 0.15) is 30.3 Å². The minimum atomic E-state index is -0.374. The van der Waals surface area contributed by atoms with Gasteiger partial charge in [0.25, 0.3) is 5.91 Å². The van der Waals surface area contributed by atoms with Gasteiger partial charge < -0.3 is 39.6 Å². The number of carbonyl (C=O) groups is 3. The van der Waals surface area contributed by atoms with Crippen molar-refractivity contribution in [1.82, 2.24) is 20.9 Å². The van der Waals surface area contributed by atoms with E-state index in [1.165, 1.54) is 5.56 Å². The van der Waals surface area contributed by atoms with Crippen LogP contribution in [-0.4, -0.2) is 106 Å². The summed E-state index contributed by atoms with van der Waals surface area (Å²) < 4.78 is 30.2. The van der Waals surface area contributed by atoms with Crippen molar-refractivity contribution in [3.8, 4) is 17.6 Å². The summed E-state index contributed by atoms with van der Waals surface area (Å²) in [5.41, 5.74) is 2.26. The van der Waals surface area contributed by atoms with Crippen molar-refractivity contribution in [3.05, 3.63) is 94.0 Å². The average Bonchev–Trinajstić information content (AvgIpc) is 3.91. The van der Waals surface area contributed by atoms with E-state index < -0.39 is 0 Å². The van der Waals surface area contributed by atoms with Crippen molar-refractivity contribution in [2.75, 3.05) is 52.7 Å². The number of ether oxygens (including phenoxy) is 5. The first kappa shape index (κ1) is 51.7. The molecule has 1 saturated carbocycles. The minimum Gasteiger partial charge on any atom is -0.491 e. The van der Waals surface area contributed by atoms with E-state index in [1.807, 2.05) is 26.0 Å². The Morgan fingerprint density at radius 3 is 2.21 bits per heavy atom. The molecule has 3 aromatic carbocycles. The third-order valence-electron chi connectivity index (χ3n) is 14.0. The van der Waals surface area contributed by atoms with Gasteiger partial charge in [-0.3, -0.25) is 19.3 Å². The number of hydrogen-bond acceptors (Lipinski definition) is 10. The molecule has 0 aromatic heterocycles. The lowest BCUT2D eigenvalue weighted by Gasteiger charge is -2.63. The summed E-state index contributed by atoms with van der Waals surface area (Å²) in [7, 11) is 0. The first-order valence-corrected chi connectivity index (χ1v) is 24.3. The number of fused-ring (bicyclic) bond motifs is 1. The van der Waals surface area contributed by atoms with E-state index in [-0.39, 0.29) is 76.3 Å². The number of nitrogens with zero attached hydrogens (tertiary/aromatic N) is 2. The lowest BCUT2D eigenvalue weighted by atomic mass is 9.49. The Morgan fingerprint density at radius 2 is 1.55 bits per heavy atom. The van der Waals surface area contributed by atoms with Crippen LogP contribution >= 0.6 is 11.6 Å². The fraction of sp³-hybridized carbons (Fsp3) is 0.585. The van der Waals surface area contributed by atoms with E-state index in [0.29, 0.717) is 80.3 Å². The highest BCUT2D eigenvalue weighted by molar-refractivity contribution is 6.31. The zero-order valence-electron chi connectivity index (χ0n) is 40.9. The first-order chi connectivity index (χ1) is 31.8. The van der Waals surface area contributed by atoms with Crippen molar-refractivity contribution in [2.45, 2.75) is 124 Å².